The number of likely N-dealkylation sites (tertiary alicyclic amines) is 1. The van der Waals surface area contributed by atoms with Gasteiger partial charge in [-0.25, -0.2) is 0 Å². The fraction of sp³-hybridized carbons (Fsp3) is 0.462. The average molecular weight is 434 g/mol. The minimum absolute atomic E-state index is 0.307. The van der Waals surface area contributed by atoms with Crippen LogP contribution in [0.4, 0.5) is 11.4 Å². The molecule has 4 rings (SSSR count). The molecule has 0 saturated carbocycles. The van der Waals surface area contributed by atoms with Gasteiger partial charge in [0.2, 0.25) is 5.91 Å². The average Bonchev–Trinajstić information content (AvgIpc) is 3.37. The topological polar surface area (TPSA) is 51.2 Å². The summed E-state index contributed by atoms with van der Waals surface area (Å²) in [7, 11) is 5.98. The summed E-state index contributed by atoms with van der Waals surface area (Å²) in [4.78, 5) is 23.1. The Morgan fingerprint density at radius 2 is 2.03 bits per heavy atom. The van der Waals surface area contributed by atoms with Crippen molar-refractivity contribution in [2.24, 2.45) is 4.99 Å². The molecule has 6 heteroatoms. The van der Waals surface area contributed by atoms with Gasteiger partial charge in [-0.2, -0.15) is 0 Å². The smallest absolute Gasteiger partial charge is 0.222 e. The SMILES string of the molecule is CN=C(NCc1ccc(N(C)C)cc1C)N1CC(CCN2CCCC2=O)c2ccccc21. The fourth-order valence-electron chi connectivity index (χ4n) is 4.82. The molecule has 0 spiro atoms. The minimum Gasteiger partial charge on any atom is -0.378 e. The van der Waals surface area contributed by atoms with Crippen molar-refractivity contribution in [2.75, 3.05) is 50.6 Å². The Kier molecular flexibility index (Phi) is 6.68. The molecular formula is C26H35N5O. The molecule has 0 aromatic heterocycles. The highest BCUT2D eigenvalue weighted by molar-refractivity contribution is 5.98. The number of carbonyl (C=O) groups excluding carboxylic acids is 1. The van der Waals surface area contributed by atoms with Crippen LogP contribution in [0.25, 0.3) is 0 Å². The summed E-state index contributed by atoms with van der Waals surface area (Å²) in [5, 5.41) is 3.58. The molecule has 1 atom stereocenters. The maximum Gasteiger partial charge on any atom is 0.222 e. The van der Waals surface area contributed by atoms with Gasteiger partial charge in [-0.15, -0.1) is 0 Å². The molecule has 1 amide bonds. The Balaban J connectivity index is 1.45. The van der Waals surface area contributed by atoms with Gasteiger partial charge >= 0.3 is 0 Å². The molecule has 0 bridgehead atoms. The van der Waals surface area contributed by atoms with E-state index in [-0.39, 0.29) is 0 Å². The second-order valence-electron chi connectivity index (χ2n) is 9.05. The molecule has 2 aliphatic heterocycles. The second-order valence-corrected chi connectivity index (χ2v) is 9.05. The zero-order valence-electron chi connectivity index (χ0n) is 19.8. The van der Waals surface area contributed by atoms with E-state index >= 15 is 0 Å². The van der Waals surface area contributed by atoms with E-state index in [9.17, 15) is 4.79 Å². The predicted molar refractivity (Wildman–Crippen MR) is 133 cm³/mol. The molecule has 1 saturated heterocycles. The maximum absolute atomic E-state index is 12.0. The Morgan fingerprint density at radius 3 is 2.72 bits per heavy atom. The van der Waals surface area contributed by atoms with Gasteiger partial charge in [-0.3, -0.25) is 9.79 Å². The number of hydrogen-bond acceptors (Lipinski definition) is 3. The van der Waals surface area contributed by atoms with Gasteiger partial charge in [0.05, 0.1) is 0 Å². The van der Waals surface area contributed by atoms with Crippen LogP contribution in [0.2, 0.25) is 0 Å². The lowest BCUT2D eigenvalue weighted by Crippen LogP contribution is -2.41. The molecule has 2 aromatic rings. The van der Waals surface area contributed by atoms with Crippen LogP contribution >= 0.6 is 0 Å². The van der Waals surface area contributed by atoms with Gasteiger partial charge in [-0.05, 0) is 54.7 Å². The van der Waals surface area contributed by atoms with Crippen molar-refractivity contribution in [1.29, 1.82) is 0 Å². The minimum atomic E-state index is 0.307. The number of carbonyl (C=O) groups is 1. The first-order valence-electron chi connectivity index (χ1n) is 11.6. The lowest BCUT2D eigenvalue weighted by atomic mass is 9.98. The molecule has 1 fully saturated rings. The van der Waals surface area contributed by atoms with Crippen LogP contribution in [0.1, 0.15) is 41.9 Å². The van der Waals surface area contributed by atoms with E-state index in [0.717, 1.165) is 45.0 Å². The number of rotatable bonds is 6. The highest BCUT2D eigenvalue weighted by atomic mass is 16.2. The van der Waals surface area contributed by atoms with Crippen molar-refractivity contribution in [2.45, 2.75) is 38.6 Å². The van der Waals surface area contributed by atoms with E-state index in [1.807, 2.05) is 11.9 Å². The molecule has 32 heavy (non-hydrogen) atoms. The Bertz CT molecular complexity index is 999. The largest absolute Gasteiger partial charge is 0.378 e. The van der Waals surface area contributed by atoms with Gasteiger partial charge < -0.3 is 20.0 Å². The van der Waals surface area contributed by atoms with Crippen LogP contribution in [-0.4, -0.2) is 57.5 Å². The van der Waals surface area contributed by atoms with Crippen LogP contribution in [0.15, 0.2) is 47.5 Å². The summed E-state index contributed by atoms with van der Waals surface area (Å²) < 4.78 is 0. The van der Waals surface area contributed by atoms with Crippen molar-refractivity contribution in [3.8, 4) is 0 Å². The maximum atomic E-state index is 12.0. The number of hydrogen-bond donors (Lipinski definition) is 1. The Morgan fingerprint density at radius 1 is 1.22 bits per heavy atom. The zero-order chi connectivity index (χ0) is 22.7. The van der Waals surface area contributed by atoms with E-state index in [1.165, 1.54) is 28.1 Å². The first-order valence-corrected chi connectivity index (χ1v) is 11.6. The summed E-state index contributed by atoms with van der Waals surface area (Å²) in [6, 6.07) is 15.2. The van der Waals surface area contributed by atoms with Crippen LogP contribution in [0.5, 0.6) is 0 Å². The monoisotopic (exact) mass is 433 g/mol. The van der Waals surface area contributed by atoms with E-state index in [1.54, 1.807) is 0 Å². The number of aliphatic imine (C=N–C) groups is 1. The predicted octanol–water partition coefficient (Wildman–Crippen LogP) is 3.75. The lowest BCUT2D eigenvalue weighted by molar-refractivity contribution is -0.127. The molecular weight excluding hydrogens is 398 g/mol. The number of guanidine groups is 1. The van der Waals surface area contributed by atoms with Crippen molar-refractivity contribution >= 4 is 23.2 Å². The number of amides is 1. The highest BCUT2D eigenvalue weighted by Gasteiger charge is 2.32. The lowest BCUT2D eigenvalue weighted by Gasteiger charge is -2.24. The molecule has 2 aliphatic rings. The first-order chi connectivity index (χ1) is 15.5. The van der Waals surface area contributed by atoms with Gasteiger partial charge in [0, 0.05) is 71.0 Å². The quantitative estimate of drug-likeness (QED) is 0.557. The second kappa shape index (κ2) is 9.63. The van der Waals surface area contributed by atoms with Crippen molar-refractivity contribution in [3.05, 3.63) is 59.2 Å². The first kappa shape index (κ1) is 22.2. The van der Waals surface area contributed by atoms with E-state index < -0.39 is 0 Å². The molecule has 2 heterocycles. The van der Waals surface area contributed by atoms with Gasteiger partial charge in [-0.1, -0.05) is 24.3 Å². The summed E-state index contributed by atoms with van der Waals surface area (Å²) in [6.45, 7) is 5.53. The molecule has 6 nitrogen and oxygen atoms in total. The van der Waals surface area contributed by atoms with E-state index in [4.69, 9.17) is 0 Å². The standard InChI is InChI=1S/C26H35N5O/c1-19-16-22(29(3)4)12-11-20(19)17-28-26(27-2)31-18-21(23-8-5-6-9-24(23)31)13-15-30-14-7-10-25(30)32/h5-6,8-9,11-12,16,21H,7,10,13-15,17-18H2,1-4H3,(H,27,28). The van der Waals surface area contributed by atoms with Crippen LogP contribution in [0, 0.1) is 6.92 Å². The summed E-state index contributed by atoms with van der Waals surface area (Å²) in [5.74, 6) is 1.61. The van der Waals surface area contributed by atoms with Crippen LogP contribution < -0.4 is 15.1 Å². The number of benzene rings is 2. The van der Waals surface area contributed by atoms with E-state index in [2.05, 4.69) is 83.6 Å². The normalized spacial score (nSPS) is 18.3. The fourth-order valence-corrected chi connectivity index (χ4v) is 4.82. The number of nitrogens with one attached hydrogen (secondary N) is 1. The molecule has 2 aromatic carbocycles. The number of fused-ring (bicyclic) bond motifs is 1. The van der Waals surface area contributed by atoms with Gasteiger partial charge in [0.1, 0.15) is 0 Å². The number of nitrogens with zero attached hydrogens (tertiary/aromatic N) is 4. The van der Waals surface area contributed by atoms with Crippen LogP contribution in [0.3, 0.4) is 0 Å². The Hall–Kier alpha value is -3.02. The molecule has 1 unspecified atom stereocenters. The summed E-state index contributed by atoms with van der Waals surface area (Å²) in [5.41, 5.74) is 6.33. The zero-order valence-corrected chi connectivity index (χ0v) is 19.8. The third-order valence-corrected chi connectivity index (χ3v) is 6.74. The molecule has 0 radical (unpaired) electrons. The number of anilines is 2. The summed E-state index contributed by atoms with van der Waals surface area (Å²) >= 11 is 0. The number of para-hydroxylation sites is 1. The third kappa shape index (κ3) is 4.59. The van der Waals surface area contributed by atoms with Gasteiger partial charge in [0.15, 0.2) is 5.96 Å². The molecule has 0 aliphatic carbocycles. The van der Waals surface area contributed by atoms with Crippen molar-refractivity contribution in [1.82, 2.24) is 10.2 Å². The number of aryl methyl sites for hydroxylation is 1. The third-order valence-electron chi connectivity index (χ3n) is 6.74. The van der Waals surface area contributed by atoms with Crippen LogP contribution in [-0.2, 0) is 11.3 Å². The Labute approximate surface area is 191 Å². The van der Waals surface area contributed by atoms with Crippen molar-refractivity contribution in [3.63, 3.8) is 0 Å². The van der Waals surface area contributed by atoms with E-state index in [0.29, 0.717) is 18.2 Å². The molecule has 1 N–H and O–H groups in total. The van der Waals surface area contributed by atoms with Gasteiger partial charge in [0.25, 0.3) is 0 Å². The summed E-state index contributed by atoms with van der Waals surface area (Å²) in [6.07, 6.45) is 2.69. The molecule has 170 valence electrons. The highest BCUT2D eigenvalue weighted by Crippen LogP contribution is 2.38. The van der Waals surface area contributed by atoms with Crippen molar-refractivity contribution < 1.29 is 4.79 Å².